The zero-order valence-electron chi connectivity index (χ0n) is 17.0. The van der Waals surface area contributed by atoms with Gasteiger partial charge in [0, 0.05) is 22.5 Å². The van der Waals surface area contributed by atoms with Crippen LogP contribution < -0.4 is 4.57 Å². The fraction of sp³-hybridized carbons (Fsp3) is 0.375. The number of hydrogen-bond donors (Lipinski definition) is 1. The number of rotatable bonds is 4. The van der Waals surface area contributed by atoms with Crippen LogP contribution in [-0.4, -0.2) is 16.5 Å². The molecule has 1 aliphatic carbocycles. The van der Waals surface area contributed by atoms with Crippen molar-refractivity contribution in [3.05, 3.63) is 64.4 Å². The SMILES string of the molecule is Cc1cc[n+](C2C(c3ccc(Br)cc3)C(C#N)C(C(C#N)C#N)=NC2(O)C2CC2)cc1. The quantitative estimate of drug-likeness (QED) is 0.680. The maximum Gasteiger partial charge on any atom is 0.222 e. The number of halogens is 1. The molecular weight excluding hydrogens is 454 g/mol. The van der Waals surface area contributed by atoms with Gasteiger partial charge in [-0.2, -0.15) is 20.4 Å². The molecule has 0 spiro atoms. The summed E-state index contributed by atoms with van der Waals surface area (Å²) in [6.07, 6.45) is 5.43. The van der Waals surface area contributed by atoms with Gasteiger partial charge in [-0.25, -0.2) is 4.99 Å². The first-order valence-corrected chi connectivity index (χ1v) is 11.0. The van der Waals surface area contributed by atoms with Gasteiger partial charge >= 0.3 is 0 Å². The maximum atomic E-state index is 12.0. The van der Waals surface area contributed by atoms with Crippen molar-refractivity contribution in [2.75, 3.05) is 0 Å². The highest BCUT2D eigenvalue weighted by Crippen LogP contribution is 2.54. The van der Waals surface area contributed by atoms with Crippen molar-refractivity contribution in [2.24, 2.45) is 22.7 Å². The standard InChI is InChI=1S/C24H21BrN5O/c1-15-8-10-30(11-9-15)23-21(16-2-6-19(25)7-3-16)20(14-28)22(17(12-26)13-27)29-24(23,31)18-4-5-18/h2-3,6-11,17-18,20-21,23,31H,4-5H2,1H3/q+1. The monoisotopic (exact) mass is 474 g/mol. The molecule has 4 rings (SSSR count). The number of pyridine rings is 1. The van der Waals surface area contributed by atoms with Gasteiger partial charge in [0.25, 0.3) is 0 Å². The number of hydrogen-bond acceptors (Lipinski definition) is 5. The molecule has 7 heteroatoms. The molecule has 1 aliphatic heterocycles. The Morgan fingerprint density at radius 1 is 1.10 bits per heavy atom. The summed E-state index contributed by atoms with van der Waals surface area (Å²) in [6, 6.07) is 17.2. The van der Waals surface area contributed by atoms with Crippen molar-refractivity contribution in [1.82, 2.24) is 0 Å². The Kier molecular flexibility index (Phi) is 5.63. The third-order valence-corrected chi connectivity index (χ3v) is 6.76. The molecule has 4 unspecified atom stereocenters. The maximum absolute atomic E-state index is 12.0. The van der Waals surface area contributed by atoms with Crippen LogP contribution in [0.4, 0.5) is 0 Å². The Hall–Kier alpha value is -3.05. The van der Waals surface area contributed by atoms with Crippen LogP contribution >= 0.6 is 15.9 Å². The molecule has 6 nitrogen and oxygen atoms in total. The number of aromatic nitrogens is 1. The molecule has 0 amide bonds. The molecule has 0 bridgehead atoms. The summed E-state index contributed by atoms with van der Waals surface area (Å²) in [7, 11) is 0. The van der Waals surface area contributed by atoms with Gasteiger partial charge in [-0.05, 0) is 43.0 Å². The average molecular weight is 475 g/mol. The highest BCUT2D eigenvalue weighted by Gasteiger charge is 2.62. The Balaban J connectivity index is 1.99. The van der Waals surface area contributed by atoms with Gasteiger partial charge in [-0.3, -0.25) is 0 Å². The Bertz CT molecular complexity index is 1120. The highest BCUT2D eigenvalue weighted by atomic mass is 79.9. The fourth-order valence-corrected chi connectivity index (χ4v) is 4.79. The molecule has 154 valence electrons. The second kappa shape index (κ2) is 8.23. The van der Waals surface area contributed by atoms with E-state index in [0.717, 1.165) is 28.4 Å². The van der Waals surface area contributed by atoms with E-state index in [0.29, 0.717) is 0 Å². The largest absolute Gasteiger partial charge is 0.364 e. The zero-order valence-corrected chi connectivity index (χ0v) is 18.6. The van der Waals surface area contributed by atoms with E-state index >= 15 is 0 Å². The first-order chi connectivity index (χ1) is 14.9. The summed E-state index contributed by atoms with van der Waals surface area (Å²) in [5.41, 5.74) is 0.594. The molecule has 1 saturated carbocycles. The molecule has 0 radical (unpaired) electrons. The van der Waals surface area contributed by atoms with E-state index in [1.165, 1.54) is 0 Å². The fourth-order valence-electron chi connectivity index (χ4n) is 4.53. The lowest BCUT2D eigenvalue weighted by Gasteiger charge is -2.41. The van der Waals surface area contributed by atoms with Gasteiger partial charge in [-0.1, -0.05) is 28.1 Å². The van der Waals surface area contributed by atoms with Gasteiger partial charge in [0.15, 0.2) is 18.3 Å². The molecule has 0 saturated heterocycles. The normalized spacial score (nSPS) is 27.6. The van der Waals surface area contributed by atoms with E-state index in [1.54, 1.807) is 0 Å². The molecular formula is C24H21BrN5O+. The van der Waals surface area contributed by atoms with Crippen LogP contribution in [-0.2, 0) is 0 Å². The van der Waals surface area contributed by atoms with Crippen LogP contribution in [0.2, 0.25) is 0 Å². The van der Waals surface area contributed by atoms with Gasteiger partial charge in [-0.15, -0.1) is 0 Å². The van der Waals surface area contributed by atoms with Gasteiger partial charge < -0.3 is 5.11 Å². The second-order valence-electron chi connectivity index (χ2n) is 8.24. The van der Waals surface area contributed by atoms with E-state index in [2.05, 4.69) is 27.0 Å². The summed E-state index contributed by atoms with van der Waals surface area (Å²) in [6.45, 7) is 1.99. The van der Waals surface area contributed by atoms with Crippen LogP contribution in [0.25, 0.3) is 0 Å². The van der Waals surface area contributed by atoms with Crippen LogP contribution in [0.5, 0.6) is 0 Å². The summed E-state index contributed by atoms with van der Waals surface area (Å²) in [5, 5.41) is 41.3. The number of aliphatic hydroxyl groups is 1. The van der Waals surface area contributed by atoms with Gasteiger partial charge in [0.1, 0.15) is 5.92 Å². The highest BCUT2D eigenvalue weighted by molar-refractivity contribution is 9.10. The van der Waals surface area contributed by atoms with E-state index in [9.17, 15) is 20.9 Å². The minimum atomic E-state index is -1.51. The lowest BCUT2D eigenvalue weighted by Crippen LogP contribution is -2.60. The van der Waals surface area contributed by atoms with E-state index in [1.807, 2.05) is 72.4 Å². The zero-order chi connectivity index (χ0) is 22.2. The Morgan fingerprint density at radius 3 is 2.23 bits per heavy atom. The third kappa shape index (κ3) is 3.74. The molecule has 2 aromatic rings. The second-order valence-corrected chi connectivity index (χ2v) is 9.15. The van der Waals surface area contributed by atoms with Crippen molar-refractivity contribution >= 4 is 21.6 Å². The van der Waals surface area contributed by atoms with Crippen molar-refractivity contribution < 1.29 is 9.67 Å². The summed E-state index contributed by atoms with van der Waals surface area (Å²) < 4.78 is 2.83. The predicted octanol–water partition coefficient (Wildman–Crippen LogP) is 3.73. The topological polar surface area (TPSA) is 108 Å². The number of aliphatic imine (C=N–C) groups is 1. The van der Waals surface area contributed by atoms with Crippen molar-refractivity contribution in [3.8, 4) is 18.2 Å². The van der Waals surface area contributed by atoms with Crippen LogP contribution in [0.15, 0.2) is 58.3 Å². The van der Waals surface area contributed by atoms with Crippen LogP contribution in [0.1, 0.15) is 35.9 Å². The number of nitriles is 3. The average Bonchev–Trinajstić information content (AvgIpc) is 3.62. The number of aryl methyl sites for hydroxylation is 1. The summed E-state index contributed by atoms with van der Waals surface area (Å²) in [4.78, 5) is 4.62. The Labute approximate surface area is 189 Å². The van der Waals surface area contributed by atoms with E-state index in [-0.39, 0.29) is 11.6 Å². The molecule has 2 heterocycles. The molecule has 1 aromatic heterocycles. The smallest absolute Gasteiger partial charge is 0.222 e. The summed E-state index contributed by atoms with van der Waals surface area (Å²) in [5.74, 6) is -2.56. The minimum absolute atomic E-state index is 0.0862. The lowest BCUT2D eigenvalue weighted by molar-refractivity contribution is -0.743. The van der Waals surface area contributed by atoms with Crippen molar-refractivity contribution in [3.63, 3.8) is 0 Å². The first kappa shape index (κ1) is 21.2. The van der Waals surface area contributed by atoms with Crippen LogP contribution in [0, 0.1) is 58.7 Å². The van der Waals surface area contributed by atoms with E-state index < -0.39 is 29.5 Å². The van der Waals surface area contributed by atoms with Gasteiger partial charge in [0.05, 0.1) is 29.8 Å². The molecule has 1 aromatic carbocycles. The van der Waals surface area contributed by atoms with Crippen LogP contribution in [0.3, 0.4) is 0 Å². The van der Waals surface area contributed by atoms with Crippen molar-refractivity contribution in [1.29, 1.82) is 15.8 Å². The van der Waals surface area contributed by atoms with E-state index in [4.69, 9.17) is 0 Å². The lowest BCUT2D eigenvalue weighted by atomic mass is 9.69. The third-order valence-electron chi connectivity index (χ3n) is 6.23. The van der Waals surface area contributed by atoms with Gasteiger partial charge in [0.2, 0.25) is 11.8 Å². The summed E-state index contributed by atoms with van der Waals surface area (Å²) >= 11 is 3.45. The first-order valence-electron chi connectivity index (χ1n) is 10.2. The predicted molar refractivity (Wildman–Crippen MR) is 116 cm³/mol. The molecule has 1 fully saturated rings. The molecule has 31 heavy (non-hydrogen) atoms. The number of benzene rings is 1. The molecule has 2 aliphatic rings. The minimum Gasteiger partial charge on any atom is -0.364 e. The Morgan fingerprint density at radius 2 is 1.71 bits per heavy atom. The van der Waals surface area contributed by atoms with Crippen molar-refractivity contribution in [2.45, 2.75) is 37.5 Å². The number of nitrogens with zero attached hydrogens (tertiary/aromatic N) is 5. The molecule has 1 N–H and O–H groups in total. The molecule has 4 atom stereocenters.